The third-order valence-corrected chi connectivity index (χ3v) is 3.00. The van der Waals surface area contributed by atoms with Crippen molar-refractivity contribution in [3.8, 4) is 0 Å². The number of hydrogen-bond acceptors (Lipinski definition) is 2. The summed E-state index contributed by atoms with van der Waals surface area (Å²) in [6.07, 6.45) is 8.79. The molecular formula is C12H22NO2. The summed E-state index contributed by atoms with van der Waals surface area (Å²) in [6.45, 7) is 2.86. The van der Waals surface area contributed by atoms with E-state index >= 15 is 0 Å². The molecule has 0 N–H and O–H groups in total. The Morgan fingerprint density at radius 2 is 2.07 bits per heavy atom. The molecule has 1 aliphatic rings. The van der Waals surface area contributed by atoms with Gasteiger partial charge >= 0.3 is 6.09 Å². The SMILES string of the molecule is CCOC(=O)[N]CCCC1CCCCC1. The van der Waals surface area contributed by atoms with Crippen molar-refractivity contribution in [1.82, 2.24) is 5.32 Å². The lowest BCUT2D eigenvalue weighted by atomic mass is 9.86. The fourth-order valence-corrected chi connectivity index (χ4v) is 2.20. The van der Waals surface area contributed by atoms with E-state index in [-0.39, 0.29) is 0 Å². The maximum absolute atomic E-state index is 10.9. The highest BCUT2D eigenvalue weighted by Gasteiger charge is 2.13. The molecule has 1 aliphatic carbocycles. The zero-order valence-corrected chi connectivity index (χ0v) is 9.71. The van der Waals surface area contributed by atoms with E-state index in [1.807, 2.05) is 0 Å². The van der Waals surface area contributed by atoms with E-state index in [2.05, 4.69) is 5.32 Å². The summed E-state index contributed by atoms with van der Waals surface area (Å²) in [5.74, 6) is 0.885. The highest BCUT2D eigenvalue weighted by atomic mass is 16.5. The van der Waals surface area contributed by atoms with Crippen LogP contribution < -0.4 is 5.32 Å². The number of ether oxygens (including phenoxy) is 1. The van der Waals surface area contributed by atoms with E-state index in [1.54, 1.807) is 6.92 Å². The Kier molecular flexibility index (Phi) is 6.21. The van der Waals surface area contributed by atoms with E-state index in [0.717, 1.165) is 12.3 Å². The summed E-state index contributed by atoms with van der Waals surface area (Å²) >= 11 is 0. The Morgan fingerprint density at radius 3 is 2.73 bits per heavy atom. The van der Waals surface area contributed by atoms with E-state index in [0.29, 0.717) is 13.2 Å². The first-order valence-corrected chi connectivity index (χ1v) is 6.17. The smallest absolute Gasteiger partial charge is 0.428 e. The topological polar surface area (TPSA) is 40.4 Å². The van der Waals surface area contributed by atoms with Crippen molar-refractivity contribution in [2.75, 3.05) is 13.2 Å². The molecule has 0 spiro atoms. The van der Waals surface area contributed by atoms with Gasteiger partial charge in [0.05, 0.1) is 6.61 Å². The van der Waals surface area contributed by atoms with Gasteiger partial charge in [-0.25, -0.2) is 10.1 Å². The van der Waals surface area contributed by atoms with E-state index in [1.165, 1.54) is 38.5 Å². The van der Waals surface area contributed by atoms with Crippen LogP contribution in [0.25, 0.3) is 0 Å². The molecule has 1 amide bonds. The van der Waals surface area contributed by atoms with Crippen molar-refractivity contribution >= 4 is 6.09 Å². The number of amides is 1. The first-order valence-electron chi connectivity index (χ1n) is 6.17. The normalized spacial score (nSPS) is 17.4. The molecule has 0 unspecified atom stereocenters. The average molecular weight is 212 g/mol. The minimum atomic E-state index is -0.402. The van der Waals surface area contributed by atoms with E-state index < -0.39 is 6.09 Å². The molecule has 1 fully saturated rings. The zero-order valence-electron chi connectivity index (χ0n) is 9.71. The summed E-state index contributed by atoms with van der Waals surface area (Å²) < 4.78 is 4.73. The second-order valence-electron chi connectivity index (χ2n) is 4.23. The van der Waals surface area contributed by atoms with Gasteiger partial charge in [-0.3, -0.25) is 0 Å². The molecule has 1 rings (SSSR count). The van der Waals surface area contributed by atoms with Gasteiger partial charge in [0, 0.05) is 6.54 Å². The highest BCUT2D eigenvalue weighted by Crippen LogP contribution is 2.26. The fourth-order valence-electron chi connectivity index (χ4n) is 2.20. The van der Waals surface area contributed by atoms with Gasteiger partial charge in [-0.05, 0) is 25.7 Å². The molecule has 0 aromatic rings. The average Bonchev–Trinajstić information content (AvgIpc) is 2.26. The Hall–Kier alpha value is -0.730. The molecule has 0 saturated heterocycles. The second-order valence-corrected chi connectivity index (χ2v) is 4.23. The predicted molar refractivity (Wildman–Crippen MR) is 59.8 cm³/mol. The molecule has 0 aromatic carbocycles. The number of hydrogen-bond donors (Lipinski definition) is 0. The molecule has 87 valence electrons. The molecule has 1 radical (unpaired) electrons. The third kappa shape index (κ3) is 5.65. The number of carbonyl (C=O) groups excluding carboxylic acids is 1. The Bertz CT molecular complexity index is 176. The van der Waals surface area contributed by atoms with Crippen LogP contribution in [0, 0.1) is 5.92 Å². The Balaban J connectivity index is 1.93. The van der Waals surface area contributed by atoms with Crippen molar-refractivity contribution in [3.05, 3.63) is 0 Å². The number of carbonyl (C=O) groups is 1. The van der Waals surface area contributed by atoms with Crippen molar-refractivity contribution in [3.63, 3.8) is 0 Å². The van der Waals surface area contributed by atoms with Gasteiger partial charge in [0.2, 0.25) is 0 Å². The zero-order chi connectivity index (χ0) is 10.9. The van der Waals surface area contributed by atoms with Crippen LogP contribution in [-0.4, -0.2) is 19.2 Å². The van der Waals surface area contributed by atoms with Gasteiger partial charge in [0.15, 0.2) is 0 Å². The minimum absolute atomic E-state index is 0.402. The molecular weight excluding hydrogens is 190 g/mol. The van der Waals surface area contributed by atoms with Crippen LogP contribution in [0.1, 0.15) is 51.9 Å². The molecule has 1 saturated carbocycles. The first kappa shape index (κ1) is 12.3. The van der Waals surface area contributed by atoms with Gasteiger partial charge in [0.25, 0.3) is 0 Å². The van der Waals surface area contributed by atoms with Gasteiger partial charge in [-0.15, -0.1) is 0 Å². The van der Waals surface area contributed by atoms with Crippen LogP contribution >= 0.6 is 0 Å². The van der Waals surface area contributed by atoms with Crippen LogP contribution in [0.15, 0.2) is 0 Å². The predicted octanol–water partition coefficient (Wildman–Crippen LogP) is 3.11. The summed E-state index contributed by atoms with van der Waals surface area (Å²) in [6, 6.07) is 0. The standard InChI is InChI=1S/C12H22NO2/c1-2-15-12(14)13-10-6-9-11-7-4-3-5-8-11/h11H,2-10H2,1H3. The summed E-state index contributed by atoms with van der Waals surface area (Å²) in [4.78, 5) is 10.9. The molecule has 0 heterocycles. The lowest BCUT2D eigenvalue weighted by molar-refractivity contribution is 0.150. The van der Waals surface area contributed by atoms with Gasteiger partial charge in [-0.1, -0.05) is 32.1 Å². The van der Waals surface area contributed by atoms with Gasteiger partial charge in [0.1, 0.15) is 0 Å². The van der Waals surface area contributed by atoms with Crippen LogP contribution in [0.4, 0.5) is 4.79 Å². The summed E-state index contributed by atoms with van der Waals surface area (Å²) in [5.41, 5.74) is 0. The van der Waals surface area contributed by atoms with Crippen molar-refractivity contribution in [2.45, 2.75) is 51.9 Å². The molecule has 15 heavy (non-hydrogen) atoms. The molecule has 0 atom stereocenters. The molecule has 0 bridgehead atoms. The van der Waals surface area contributed by atoms with Gasteiger partial charge in [-0.2, -0.15) is 0 Å². The Labute approximate surface area is 92.6 Å². The second kappa shape index (κ2) is 7.55. The highest BCUT2D eigenvalue weighted by molar-refractivity contribution is 5.66. The first-order chi connectivity index (χ1) is 7.33. The largest absolute Gasteiger partial charge is 0.448 e. The molecule has 3 heteroatoms. The van der Waals surface area contributed by atoms with E-state index in [4.69, 9.17) is 4.74 Å². The molecule has 0 aliphatic heterocycles. The maximum Gasteiger partial charge on any atom is 0.428 e. The third-order valence-electron chi connectivity index (χ3n) is 3.00. The summed E-state index contributed by atoms with van der Waals surface area (Å²) in [7, 11) is 0. The van der Waals surface area contributed by atoms with Crippen LogP contribution in [0.3, 0.4) is 0 Å². The number of nitrogens with zero attached hydrogens (tertiary/aromatic N) is 1. The summed E-state index contributed by atoms with van der Waals surface area (Å²) in [5, 5.41) is 3.84. The monoisotopic (exact) mass is 212 g/mol. The fraction of sp³-hybridized carbons (Fsp3) is 0.917. The van der Waals surface area contributed by atoms with Crippen LogP contribution in [0.5, 0.6) is 0 Å². The Morgan fingerprint density at radius 1 is 1.33 bits per heavy atom. The number of rotatable bonds is 5. The van der Waals surface area contributed by atoms with Crippen LogP contribution in [-0.2, 0) is 4.74 Å². The maximum atomic E-state index is 10.9. The van der Waals surface area contributed by atoms with Crippen molar-refractivity contribution < 1.29 is 9.53 Å². The van der Waals surface area contributed by atoms with Crippen molar-refractivity contribution in [1.29, 1.82) is 0 Å². The van der Waals surface area contributed by atoms with Gasteiger partial charge < -0.3 is 4.74 Å². The lowest BCUT2D eigenvalue weighted by Gasteiger charge is -2.20. The molecule has 0 aromatic heterocycles. The lowest BCUT2D eigenvalue weighted by Crippen LogP contribution is -2.18. The quantitative estimate of drug-likeness (QED) is 0.657. The van der Waals surface area contributed by atoms with Crippen LogP contribution in [0.2, 0.25) is 0 Å². The van der Waals surface area contributed by atoms with E-state index in [9.17, 15) is 4.79 Å². The minimum Gasteiger partial charge on any atom is -0.448 e. The molecule has 3 nitrogen and oxygen atoms in total. The van der Waals surface area contributed by atoms with Crippen molar-refractivity contribution in [2.24, 2.45) is 5.92 Å².